The third-order valence-corrected chi connectivity index (χ3v) is 4.05. The lowest BCUT2D eigenvalue weighted by Gasteiger charge is -2.02. The van der Waals surface area contributed by atoms with Crippen molar-refractivity contribution in [2.24, 2.45) is 7.05 Å². The highest BCUT2D eigenvalue weighted by Crippen LogP contribution is 2.21. The van der Waals surface area contributed by atoms with E-state index in [1.165, 1.54) is 43.1 Å². The first-order valence-electron chi connectivity index (χ1n) is 6.57. The number of aromatic nitrogens is 4. The van der Waals surface area contributed by atoms with Crippen LogP contribution in [0, 0.1) is 18.2 Å². The van der Waals surface area contributed by atoms with Crippen LogP contribution < -0.4 is 11.2 Å². The maximum Gasteiger partial charge on any atom is 0.348 e. The molecule has 6 nitrogen and oxygen atoms in total. The molecule has 2 heterocycles. The minimum Gasteiger partial charge on any atom is -0.285 e. The molecule has 0 fully saturated rings. The highest BCUT2D eigenvalue weighted by Gasteiger charge is 2.18. The lowest BCUT2D eigenvalue weighted by molar-refractivity contribution is 0.628. The first-order valence-corrected chi connectivity index (χ1v) is 7.55. The van der Waals surface area contributed by atoms with Crippen molar-refractivity contribution in [1.29, 1.82) is 0 Å². The molecule has 1 N–H and O–H groups in total. The maximum absolute atomic E-state index is 13.1. The Labute approximate surface area is 134 Å². The Morgan fingerprint density at radius 1 is 1.35 bits per heavy atom. The van der Waals surface area contributed by atoms with Crippen molar-refractivity contribution >= 4 is 17.4 Å². The number of nitrogens with one attached hydrogen (secondary N) is 1. The molecule has 0 radical (unpaired) electrons. The summed E-state index contributed by atoms with van der Waals surface area (Å²) < 4.78 is 15.4. The first-order chi connectivity index (χ1) is 11.0. The van der Waals surface area contributed by atoms with Crippen LogP contribution >= 0.6 is 11.8 Å². The van der Waals surface area contributed by atoms with E-state index < -0.39 is 17.1 Å². The number of aryl methyl sites for hydroxylation is 1. The summed E-state index contributed by atoms with van der Waals surface area (Å²) in [7, 11) is 1.47. The number of thioether (sulfide) groups is 1. The van der Waals surface area contributed by atoms with Gasteiger partial charge in [-0.2, -0.15) is 4.52 Å². The summed E-state index contributed by atoms with van der Waals surface area (Å²) in [4.78, 5) is 31.6. The van der Waals surface area contributed by atoms with Crippen LogP contribution in [-0.2, 0) is 7.05 Å². The van der Waals surface area contributed by atoms with Gasteiger partial charge in [0.2, 0.25) is 0 Å². The van der Waals surface area contributed by atoms with Gasteiger partial charge >= 0.3 is 5.69 Å². The van der Waals surface area contributed by atoms with Gasteiger partial charge in [-0.3, -0.25) is 9.78 Å². The zero-order chi connectivity index (χ0) is 16.6. The monoisotopic (exact) mass is 330 g/mol. The third-order valence-electron chi connectivity index (χ3n) is 3.27. The predicted molar refractivity (Wildman–Crippen MR) is 86.0 cm³/mol. The van der Waals surface area contributed by atoms with Crippen LogP contribution in [0.25, 0.3) is 16.8 Å². The summed E-state index contributed by atoms with van der Waals surface area (Å²) in [6.07, 6.45) is 5.20. The van der Waals surface area contributed by atoms with Gasteiger partial charge < -0.3 is 0 Å². The zero-order valence-electron chi connectivity index (χ0n) is 12.0. The number of terminal acetylenes is 1. The molecule has 0 aliphatic carbocycles. The smallest absolute Gasteiger partial charge is 0.285 e. The van der Waals surface area contributed by atoms with E-state index in [0.717, 1.165) is 9.20 Å². The van der Waals surface area contributed by atoms with Crippen molar-refractivity contribution < 1.29 is 4.39 Å². The minimum absolute atomic E-state index is 0.201. The Bertz CT molecular complexity index is 1040. The molecule has 0 aliphatic heterocycles. The summed E-state index contributed by atoms with van der Waals surface area (Å²) in [5.74, 6) is 2.36. The van der Waals surface area contributed by atoms with Crippen molar-refractivity contribution in [3.63, 3.8) is 0 Å². The summed E-state index contributed by atoms with van der Waals surface area (Å²) in [5.41, 5.74) is 0.0326. The highest BCUT2D eigenvalue weighted by atomic mass is 32.2. The van der Waals surface area contributed by atoms with Crippen molar-refractivity contribution in [3.8, 4) is 23.5 Å². The van der Waals surface area contributed by atoms with Gasteiger partial charge in [0.25, 0.3) is 5.56 Å². The number of halogens is 1. The van der Waals surface area contributed by atoms with E-state index in [1.807, 2.05) is 0 Å². The average Bonchev–Trinajstić information content (AvgIpc) is 2.78. The molecule has 0 bridgehead atoms. The summed E-state index contributed by atoms with van der Waals surface area (Å²) in [5, 5.41) is 0.321. The molecule has 23 heavy (non-hydrogen) atoms. The second-order valence-electron chi connectivity index (χ2n) is 4.69. The fourth-order valence-corrected chi connectivity index (χ4v) is 2.78. The quantitative estimate of drug-likeness (QED) is 0.579. The second-order valence-corrected chi connectivity index (χ2v) is 5.65. The van der Waals surface area contributed by atoms with Gasteiger partial charge in [0.1, 0.15) is 5.82 Å². The molecule has 2 aromatic heterocycles. The number of benzene rings is 1. The minimum atomic E-state index is -0.498. The Balaban J connectivity index is 2.33. The average molecular weight is 330 g/mol. The van der Waals surface area contributed by atoms with Crippen molar-refractivity contribution in [2.75, 3.05) is 5.75 Å². The van der Waals surface area contributed by atoms with Crippen molar-refractivity contribution in [2.45, 2.75) is 5.16 Å². The number of hydrogen-bond donors (Lipinski definition) is 1. The molecule has 0 unspecified atom stereocenters. The first kappa shape index (κ1) is 15.1. The Morgan fingerprint density at radius 3 is 2.70 bits per heavy atom. The molecule has 0 amide bonds. The molecule has 0 saturated heterocycles. The molecule has 3 rings (SSSR count). The van der Waals surface area contributed by atoms with Crippen LogP contribution in [0.3, 0.4) is 0 Å². The number of H-pyrrole nitrogens is 1. The maximum atomic E-state index is 13.1. The van der Waals surface area contributed by atoms with Crippen LogP contribution in [0.15, 0.2) is 39.0 Å². The molecular formula is C15H11FN4O2S. The second kappa shape index (κ2) is 5.78. The third kappa shape index (κ3) is 2.55. The van der Waals surface area contributed by atoms with Gasteiger partial charge in [-0.05, 0) is 17.7 Å². The Hall–Kier alpha value is -2.79. The normalized spacial score (nSPS) is 10.8. The molecule has 0 atom stereocenters. The van der Waals surface area contributed by atoms with E-state index in [1.54, 1.807) is 0 Å². The number of rotatable bonds is 3. The van der Waals surface area contributed by atoms with Gasteiger partial charge in [-0.1, -0.05) is 29.8 Å². The number of aromatic amines is 1. The fourth-order valence-electron chi connectivity index (χ4n) is 2.25. The van der Waals surface area contributed by atoms with Crippen molar-refractivity contribution in [1.82, 2.24) is 19.2 Å². The van der Waals surface area contributed by atoms with Crippen LogP contribution in [-0.4, -0.2) is 24.9 Å². The van der Waals surface area contributed by atoms with Crippen LogP contribution in [0.2, 0.25) is 0 Å². The lowest BCUT2D eigenvalue weighted by atomic mass is 10.1. The Morgan fingerprint density at radius 2 is 2.04 bits per heavy atom. The largest absolute Gasteiger partial charge is 0.348 e. The van der Waals surface area contributed by atoms with E-state index >= 15 is 0 Å². The molecular weight excluding hydrogens is 319 g/mol. The van der Waals surface area contributed by atoms with E-state index in [4.69, 9.17) is 6.42 Å². The van der Waals surface area contributed by atoms with Gasteiger partial charge in [0.05, 0.1) is 11.3 Å². The topological polar surface area (TPSA) is 72.2 Å². The highest BCUT2D eigenvalue weighted by molar-refractivity contribution is 7.99. The number of nitrogens with zero attached hydrogens (tertiary/aromatic N) is 3. The van der Waals surface area contributed by atoms with Gasteiger partial charge in [0.15, 0.2) is 10.8 Å². The lowest BCUT2D eigenvalue weighted by Crippen LogP contribution is -2.26. The van der Waals surface area contributed by atoms with Crippen molar-refractivity contribution in [3.05, 3.63) is 50.9 Å². The molecule has 0 spiro atoms. The standard InChI is InChI=1S/C15H11FN4O2S/c1-3-8-23-14-17-12-11(9-4-6-10(16)7-5-9)13(21)19(2)20(12)15(22)18-14/h1,4-7H,8H2,2H3,(H,17,18,22). The molecule has 116 valence electrons. The number of fused-ring (bicyclic) bond motifs is 1. The van der Waals surface area contributed by atoms with E-state index in [9.17, 15) is 14.0 Å². The van der Waals surface area contributed by atoms with E-state index in [0.29, 0.717) is 16.5 Å². The predicted octanol–water partition coefficient (Wildman–Crippen LogP) is 1.25. The van der Waals surface area contributed by atoms with Crippen LogP contribution in [0.5, 0.6) is 0 Å². The summed E-state index contributed by atoms with van der Waals surface area (Å²) >= 11 is 1.18. The number of hydrogen-bond acceptors (Lipinski definition) is 4. The molecule has 1 aromatic carbocycles. The fraction of sp³-hybridized carbons (Fsp3) is 0.133. The SMILES string of the molecule is C#CCSc1nc2c(-c3ccc(F)cc3)c(=O)n(C)n2c(=O)[nH]1. The summed E-state index contributed by atoms with van der Waals surface area (Å²) in [6, 6.07) is 5.45. The van der Waals surface area contributed by atoms with Gasteiger partial charge in [-0.25, -0.2) is 18.9 Å². The van der Waals surface area contributed by atoms with Gasteiger partial charge in [0, 0.05) is 7.05 Å². The molecule has 0 saturated carbocycles. The van der Waals surface area contributed by atoms with Crippen LogP contribution in [0.4, 0.5) is 4.39 Å². The summed E-state index contributed by atoms with van der Waals surface area (Å²) in [6.45, 7) is 0. The van der Waals surface area contributed by atoms with Crippen LogP contribution in [0.1, 0.15) is 0 Å². The van der Waals surface area contributed by atoms with E-state index in [-0.39, 0.29) is 11.2 Å². The Kier molecular flexibility index (Phi) is 3.80. The molecule has 0 aliphatic rings. The zero-order valence-corrected chi connectivity index (χ0v) is 12.9. The van der Waals surface area contributed by atoms with Gasteiger partial charge in [-0.15, -0.1) is 6.42 Å². The molecule has 3 aromatic rings. The molecule has 8 heteroatoms. The van der Waals surface area contributed by atoms with E-state index in [2.05, 4.69) is 15.9 Å².